The zero-order valence-electron chi connectivity index (χ0n) is 5.88. The fraction of sp³-hybridized carbons (Fsp3) is 0.500. The molecule has 0 atom stereocenters. The summed E-state index contributed by atoms with van der Waals surface area (Å²) in [4.78, 5) is 0. The predicted molar refractivity (Wildman–Crippen MR) is 44.7 cm³/mol. The quantitative estimate of drug-likeness (QED) is 0.318. The molecular weight excluding hydrogens is 150 g/mol. The third-order valence-electron chi connectivity index (χ3n) is 0.547. The summed E-state index contributed by atoms with van der Waals surface area (Å²) in [6.45, 7) is 6.33. The highest BCUT2D eigenvalue weighted by molar-refractivity contribution is 6.84. The maximum absolute atomic E-state index is 6.79. The molecule has 0 unspecified atom stereocenters. The molecule has 0 aliphatic carbocycles. The molecule has 0 heterocycles. The van der Waals surface area contributed by atoms with Crippen LogP contribution in [-0.4, -0.2) is 13.2 Å². The summed E-state index contributed by atoms with van der Waals surface area (Å²) in [7, 11) is -1.31. The van der Waals surface area contributed by atoms with Crippen molar-refractivity contribution in [1.82, 2.24) is 0 Å². The zero-order chi connectivity index (χ0) is 7.49. The van der Waals surface area contributed by atoms with Crippen LogP contribution in [0, 0.1) is 16.9 Å². The zero-order valence-corrected chi connectivity index (χ0v) is 7.63. The van der Waals surface area contributed by atoms with Crippen LogP contribution >= 0.6 is 11.6 Å². The van der Waals surface area contributed by atoms with Gasteiger partial charge in [0.25, 0.3) is 0 Å². The van der Waals surface area contributed by atoms with E-state index in [1.807, 2.05) is 0 Å². The molecule has 0 fully saturated rings. The predicted octanol–water partition coefficient (Wildman–Crippen LogP) is 2.08. The maximum atomic E-state index is 6.79. The number of halogens is 1. The van der Waals surface area contributed by atoms with E-state index in [4.69, 9.17) is 17.0 Å². The van der Waals surface area contributed by atoms with Gasteiger partial charge in [-0.2, -0.15) is 0 Å². The second-order valence-corrected chi connectivity index (χ2v) is 7.94. The van der Waals surface area contributed by atoms with E-state index >= 15 is 0 Å². The third kappa shape index (κ3) is 7.74. The van der Waals surface area contributed by atoms with Crippen LogP contribution in [-0.2, 0) is 0 Å². The van der Waals surface area contributed by atoms with E-state index in [9.17, 15) is 0 Å². The van der Waals surface area contributed by atoms with Gasteiger partial charge >= 0.3 is 0 Å². The molecule has 1 N–H and O–H groups in total. The molecular formula is C6H10ClNSi. The minimum Gasteiger partial charge on any atom is -0.282 e. The Kier molecular flexibility index (Phi) is 2.96. The second-order valence-electron chi connectivity index (χ2n) is 2.81. The first kappa shape index (κ1) is 8.74. The van der Waals surface area contributed by atoms with E-state index in [0.717, 1.165) is 0 Å². The first-order valence-electron chi connectivity index (χ1n) is 2.69. The van der Waals surface area contributed by atoms with Gasteiger partial charge in [0.05, 0.1) is 0 Å². The van der Waals surface area contributed by atoms with Gasteiger partial charge in [0.2, 0.25) is 0 Å². The number of hydrogen-bond acceptors (Lipinski definition) is 1. The Morgan fingerprint density at radius 2 is 1.89 bits per heavy atom. The van der Waals surface area contributed by atoms with Crippen molar-refractivity contribution < 1.29 is 0 Å². The van der Waals surface area contributed by atoms with E-state index in [0.29, 0.717) is 0 Å². The Hall–Kier alpha value is -0.263. The van der Waals surface area contributed by atoms with Crippen molar-refractivity contribution in [2.24, 2.45) is 0 Å². The fourth-order valence-corrected chi connectivity index (χ4v) is 0.869. The summed E-state index contributed by atoms with van der Waals surface area (Å²) in [5, 5.41) is 6.73. The Labute approximate surface area is 61.9 Å². The summed E-state index contributed by atoms with van der Waals surface area (Å²) in [6.07, 6.45) is 0. The van der Waals surface area contributed by atoms with Gasteiger partial charge < -0.3 is 0 Å². The van der Waals surface area contributed by atoms with Crippen molar-refractivity contribution >= 4 is 24.8 Å². The molecule has 0 bridgehead atoms. The Balaban J connectivity index is 4.04. The molecule has 3 heteroatoms. The van der Waals surface area contributed by atoms with Crippen LogP contribution in [0.25, 0.3) is 0 Å². The molecule has 0 aromatic carbocycles. The lowest BCUT2D eigenvalue weighted by molar-refractivity contribution is 1.57. The van der Waals surface area contributed by atoms with Crippen molar-refractivity contribution in [3.63, 3.8) is 0 Å². The van der Waals surface area contributed by atoms with Gasteiger partial charge in [-0.3, -0.25) is 5.41 Å². The van der Waals surface area contributed by atoms with Gasteiger partial charge in [0.15, 0.2) is 5.17 Å². The summed E-state index contributed by atoms with van der Waals surface area (Å²) in [6, 6.07) is 0. The minimum atomic E-state index is -1.31. The Morgan fingerprint density at radius 3 is 2.00 bits per heavy atom. The average molecular weight is 160 g/mol. The summed E-state index contributed by atoms with van der Waals surface area (Å²) < 4.78 is 0. The van der Waals surface area contributed by atoms with Gasteiger partial charge in [-0.15, -0.1) is 5.54 Å². The van der Waals surface area contributed by atoms with Gasteiger partial charge in [0.1, 0.15) is 8.07 Å². The first-order valence-corrected chi connectivity index (χ1v) is 6.57. The molecule has 0 spiro atoms. The molecule has 1 nitrogen and oxygen atoms in total. The lowest BCUT2D eigenvalue weighted by Gasteiger charge is -2.02. The summed E-state index contributed by atoms with van der Waals surface area (Å²) >= 11 is 5.22. The van der Waals surface area contributed by atoms with Crippen molar-refractivity contribution in [1.29, 1.82) is 5.41 Å². The smallest absolute Gasteiger partial charge is 0.171 e. The van der Waals surface area contributed by atoms with Gasteiger partial charge in [-0.25, -0.2) is 0 Å². The van der Waals surface area contributed by atoms with E-state index in [1.165, 1.54) is 0 Å². The van der Waals surface area contributed by atoms with Crippen LogP contribution in [0.4, 0.5) is 0 Å². The molecule has 0 amide bonds. The monoisotopic (exact) mass is 159 g/mol. The highest BCUT2D eigenvalue weighted by Crippen LogP contribution is 1.96. The largest absolute Gasteiger partial charge is 0.282 e. The van der Waals surface area contributed by atoms with Gasteiger partial charge in [-0.1, -0.05) is 31.2 Å². The molecule has 0 aromatic heterocycles. The minimum absolute atomic E-state index is 0.0579. The highest BCUT2D eigenvalue weighted by Gasteiger charge is 2.07. The second kappa shape index (κ2) is 3.05. The number of hydrogen-bond donors (Lipinski definition) is 1. The molecule has 0 radical (unpaired) electrons. The van der Waals surface area contributed by atoms with Crippen molar-refractivity contribution in [2.45, 2.75) is 19.6 Å². The summed E-state index contributed by atoms with van der Waals surface area (Å²) in [5.41, 5.74) is 2.95. The van der Waals surface area contributed by atoms with Crippen molar-refractivity contribution in [3.8, 4) is 11.5 Å². The van der Waals surface area contributed by atoms with Gasteiger partial charge in [0, 0.05) is 0 Å². The van der Waals surface area contributed by atoms with E-state index in [1.54, 1.807) is 0 Å². The highest BCUT2D eigenvalue weighted by atomic mass is 35.5. The topological polar surface area (TPSA) is 23.9 Å². The lowest BCUT2D eigenvalue weighted by Crippen LogP contribution is -2.16. The molecule has 9 heavy (non-hydrogen) atoms. The molecule has 0 aliphatic rings. The van der Waals surface area contributed by atoms with E-state index < -0.39 is 8.07 Å². The van der Waals surface area contributed by atoms with Crippen LogP contribution in [0.15, 0.2) is 0 Å². The molecule has 0 saturated heterocycles. The van der Waals surface area contributed by atoms with Crippen LogP contribution in [0.5, 0.6) is 0 Å². The fourth-order valence-electron chi connectivity index (χ4n) is 0.242. The molecule has 0 aromatic rings. The third-order valence-corrected chi connectivity index (χ3v) is 1.52. The number of rotatable bonds is 0. The molecule has 0 saturated carbocycles. The van der Waals surface area contributed by atoms with E-state index in [2.05, 4.69) is 31.1 Å². The first-order chi connectivity index (χ1) is 3.92. The van der Waals surface area contributed by atoms with Gasteiger partial charge in [-0.05, 0) is 5.92 Å². The Bertz CT molecular complexity index is 170. The molecule has 0 rings (SSSR count). The standard InChI is InChI=1S/C6H10ClNSi/c1-9(2,3)5-4-6(7)8/h8H,1-3H3. The average Bonchev–Trinajstić information content (AvgIpc) is 1.59. The number of nitrogens with one attached hydrogen (secondary N) is 1. The van der Waals surface area contributed by atoms with Crippen molar-refractivity contribution in [2.75, 3.05) is 0 Å². The molecule has 50 valence electrons. The Morgan fingerprint density at radius 1 is 1.44 bits per heavy atom. The van der Waals surface area contributed by atoms with Crippen molar-refractivity contribution in [3.05, 3.63) is 0 Å². The van der Waals surface area contributed by atoms with Crippen LogP contribution in [0.3, 0.4) is 0 Å². The maximum Gasteiger partial charge on any atom is 0.171 e. The van der Waals surface area contributed by atoms with Crippen LogP contribution in [0.1, 0.15) is 0 Å². The van der Waals surface area contributed by atoms with Crippen LogP contribution in [0.2, 0.25) is 19.6 Å². The SMILES string of the molecule is C[Si](C)(C)C#CC(=N)Cl. The van der Waals surface area contributed by atoms with Crippen LogP contribution < -0.4 is 0 Å². The van der Waals surface area contributed by atoms with E-state index in [-0.39, 0.29) is 5.17 Å². The lowest BCUT2D eigenvalue weighted by atomic mass is 10.8. The molecule has 0 aliphatic heterocycles. The normalized spacial score (nSPS) is 9.78. The summed E-state index contributed by atoms with van der Waals surface area (Å²) in [5.74, 6) is 2.55.